The molecule has 0 aromatic carbocycles. The molecule has 4 atom stereocenters. The Labute approximate surface area is 361 Å². The SMILES string of the molecule is CCCCC/C=C/CC/C=C/CCCC(O)C(O)C(CO)NC(=O)C(O)CCCCCCCCCCCCCCCCCCCCCCCCCCCCCCCC. The van der Waals surface area contributed by atoms with Crippen molar-refractivity contribution < 1.29 is 25.2 Å². The molecule has 0 radical (unpaired) electrons. The summed E-state index contributed by atoms with van der Waals surface area (Å²) in [6, 6.07) is -1.00. The lowest BCUT2D eigenvalue weighted by Gasteiger charge is -2.27. The first-order valence-corrected chi connectivity index (χ1v) is 25.7. The third-order valence-corrected chi connectivity index (χ3v) is 12.1. The molecule has 0 aliphatic heterocycles. The van der Waals surface area contributed by atoms with Crippen molar-refractivity contribution in [3.8, 4) is 0 Å². The van der Waals surface area contributed by atoms with Crippen molar-refractivity contribution in [1.29, 1.82) is 0 Å². The van der Waals surface area contributed by atoms with E-state index in [2.05, 4.69) is 43.5 Å². The molecular weight excluding hydrogens is 719 g/mol. The molecule has 0 aliphatic carbocycles. The normalized spacial score (nSPS) is 14.1. The fourth-order valence-electron chi connectivity index (χ4n) is 8.07. The molecule has 0 saturated carbocycles. The van der Waals surface area contributed by atoms with Gasteiger partial charge in [0.05, 0.1) is 18.8 Å². The van der Waals surface area contributed by atoms with Gasteiger partial charge in [0.15, 0.2) is 0 Å². The Morgan fingerprint density at radius 3 is 1.09 bits per heavy atom. The van der Waals surface area contributed by atoms with Crippen molar-refractivity contribution in [3.63, 3.8) is 0 Å². The molecule has 0 heterocycles. The predicted molar refractivity (Wildman–Crippen MR) is 251 cm³/mol. The van der Waals surface area contributed by atoms with Gasteiger partial charge in [-0.2, -0.15) is 0 Å². The predicted octanol–water partition coefficient (Wildman–Crippen LogP) is 14.3. The van der Waals surface area contributed by atoms with Crippen LogP contribution in [0.4, 0.5) is 0 Å². The van der Waals surface area contributed by atoms with E-state index in [4.69, 9.17) is 0 Å². The van der Waals surface area contributed by atoms with E-state index in [0.29, 0.717) is 19.3 Å². The number of hydrogen-bond donors (Lipinski definition) is 5. The minimum Gasteiger partial charge on any atom is -0.394 e. The highest BCUT2D eigenvalue weighted by molar-refractivity contribution is 5.80. The fraction of sp³-hybridized carbons (Fsp3) is 0.904. The van der Waals surface area contributed by atoms with Crippen molar-refractivity contribution in [2.24, 2.45) is 0 Å². The van der Waals surface area contributed by atoms with Crippen LogP contribution in [0.25, 0.3) is 0 Å². The molecule has 0 spiro atoms. The molecule has 0 fully saturated rings. The molecule has 0 aliphatic rings. The molecule has 0 bridgehead atoms. The van der Waals surface area contributed by atoms with Gasteiger partial charge in [0.1, 0.15) is 12.2 Å². The van der Waals surface area contributed by atoms with Crippen LogP contribution in [-0.2, 0) is 4.79 Å². The summed E-state index contributed by atoms with van der Waals surface area (Å²) in [7, 11) is 0. The van der Waals surface area contributed by atoms with E-state index in [1.165, 1.54) is 193 Å². The number of rotatable bonds is 47. The van der Waals surface area contributed by atoms with Crippen LogP contribution in [0.2, 0.25) is 0 Å². The minimum absolute atomic E-state index is 0.364. The van der Waals surface area contributed by atoms with Gasteiger partial charge in [-0.3, -0.25) is 4.79 Å². The first kappa shape index (κ1) is 56.8. The van der Waals surface area contributed by atoms with Gasteiger partial charge in [-0.15, -0.1) is 0 Å². The van der Waals surface area contributed by atoms with Gasteiger partial charge in [0, 0.05) is 0 Å². The standard InChI is InChI=1S/C52H101NO5/c1-3-5-7-9-11-13-15-17-18-19-20-21-22-23-24-25-26-27-28-29-30-31-32-33-34-36-38-40-42-44-46-50(56)52(58)53-48(47-54)51(57)49(55)45-43-41-39-37-35-16-14-12-10-8-6-4-2/h12,14,37,39,48-51,54-57H,3-11,13,15-36,38,40-47H2,1-2H3,(H,53,58)/b14-12+,39-37+. The first-order chi connectivity index (χ1) is 28.5. The first-order valence-electron chi connectivity index (χ1n) is 25.7. The minimum atomic E-state index is -1.29. The molecule has 344 valence electrons. The molecule has 0 aromatic heterocycles. The molecule has 1 amide bonds. The molecule has 6 nitrogen and oxygen atoms in total. The van der Waals surface area contributed by atoms with Gasteiger partial charge in [0.2, 0.25) is 5.91 Å². The number of carbonyl (C=O) groups is 1. The monoisotopic (exact) mass is 820 g/mol. The molecule has 0 saturated heterocycles. The number of amides is 1. The Bertz CT molecular complexity index is 878. The van der Waals surface area contributed by atoms with Gasteiger partial charge in [-0.25, -0.2) is 0 Å². The summed E-state index contributed by atoms with van der Waals surface area (Å²) in [6.07, 6.45) is 55.4. The molecule has 0 rings (SSSR count). The van der Waals surface area contributed by atoms with E-state index < -0.39 is 36.9 Å². The van der Waals surface area contributed by atoms with E-state index in [-0.39, 0.29) is 0 Å². The smallest absolute Gasteiger partial charge is 0.249 e. The average Bonchev–Trinajstić information content (AvgIpc) is 3.23. The summed E-state index contributed by atoms with van der Waals surface area (Å²) in [5.41, 5.74) is 0. The van der Waals surface area contributed by atoms with E-state index in [1.807, 2.05) is 0 Å². The lowest BCUT2D eigenvalue weighted by molar-refractivity contribution is -0.132. The zero-order valence-corrected chi connectivity index (χ0v) is 38.8. The summed E-state index contributed by atoms with van der Waals surface area (Å²) >= 11 is 0. The molecular formula is C52H101NO5. The molecule has 6 heteroatoms. The van der Waals surface area contributed by atoms with Crippen LogP contribution in [0.1, 0.15) is 271 Å². The highest BCUT2D eigenvalue weighted by atomic mass is 16.3. The Morgan fingerprint density at radius 1 is 0.414 bits per heavy atom. The average molecular weight is 820 g/mol. The third kappa shape index (κ3) is 40.2. The largest absolute Gasteiger partial charge is 0.394 e. The number of nitrogens with one attached hydrogen (secondary N) is 1. The number of unbranched alkanes of at least 4 members (excludes halogenated alkanes) is 34. The van der Waals surface area contributed by atoms with Crippen LogP contribution in [0, 0.1) is 0 Å². The van der Waals surface area contributed by atoms with E-state index in [9.17, 15) is 25.2 Å². The summed E-state index contributed by atoms with van der Waals surface area (Å²) in [4.78, 5) is 12.5. The number of carbonyl (C=O) groups excluding carboxylic acids is 1. The quantitative estimate of drug-likeness (QED) is 0.0310. The highest BCUT2D eigenvalue weighted by Crippen LogP contribution is 2.17. The van der Waals surface area contributed by atoms with Crippen molar-refractivity contribution in [1.82, 2.24) is 5.32 Å². The van der Waals surface area contributed by atoms with E-state index >= 15 is 0 Å². The van der Waals surface area contributed by atoms with Crippen LogP contribution in [0.5, 0.6) is 0 Å². The lowest BCUT2D eigenvalue weighted by atomic mass is 10.00. The van der Waals surface area contributed by atoms with Gasteiger partial charge < -0.3 is 25.7 Å². The summed E-state index contributed by atoms with van der Waals surface area (Å²) < 4.78 is 0. The Balaban J connectivity index is 3.57. The Morgan fingerprint density at radius 2 is 0.724 bits per heavy atom. The molecule has 58 heavy (non-hydrogen) atoms. The fourth-order valence-corrected chi connectivity index (χ4v) is 8.07. The second-order valence-electron chi connectivity index (χ2n) is 17.9. The molecule has 5 N–H and O–H groups in total. The summed E-state index contributed by atoms with van der Waals surface area (Å²) in [5.74, 6) is -0.594. The van der Waals surface area contributed by atoms with Crippen molar-refractivity contribution in [3.05, 3.63) is 24.3 Å². The van der Waals surface area contributed by atoms with Crippen LogP contribution in [-0.4, -0.2) is 57.3 Å². The van der Waals surface area contributed by atoms with E-state index in [0.717, 1.165) is 44.9 Å². The lowest BCUT2D eigenvalue weighted by Crippen LogP contribution is -2.53. The summed E-state index contributed by atoms with van der Waals surface area (Å²) in [5, 5.41) is 43.7. The highest BCUT2D eigenvalue weighted by Gasteiger charge is 2.28. The van der Waals surface area contributed by atoms with Gasteiger partial charge in [-0.05, 0) is 51.4 Å². The topological polar surface area (TPSA) is 110 Å². The Hall–Kier alpha value is -1.21. The summed E-state index contributed by atoms with van der Waals surface area (Å²) in [6.45, 7) is 4.02. The second kappa shape index (κ2) is 46.8. The number of hydrogen-bond acceptors (Lipinski definition) is 5. The van der Waals surface area contributed by atoms with Crippen molar-refractivity contribution in [2.45, 2.75) is 295 Å². The molecule has 0 aromatic rings. The maximum atomic E-state index is 12.5. The maximum Gasteiger partial charge on any atom is 0.249 e. The molecule has 4 unspecified atom stereocenters. The second-order valence-corrected chi connectivity index (χ2v) is 17.9. The zero-order valence-electron chi connectivity index (χ0n) is 38.8. The van der Waals surface area contributed by atoms with Crippen LogP contribution >= 0.6 is 0 Å². The van der Waals surface area contributed by atoms with Gasteiger partial charge in [-0.1, -0.05) is 244 Å². The van der Waals surface area contributed by atoms with Crippen molar-refractivity contribution >= 4 is 5.91 Å². The number of aliphatic hydroxyl groups is 4. The van der Waals surface area contributed by atoms with E-state index in [1.54, 1.807) is 0 Å². The maximum absolute atomic E-state index is 12.5. The van der Waals surface area contributed by atoms with Crippen LogP contribution in [0.3, 0.4) is 0 Å². The van der Waals surface area contributed by atoms with Gasteiger partial charge in [0.25, 0.3) is 0 Å². The van der Waals surface area contributed by atoms with Gasteiger partial charge >= 0.3 is 0 Å². The van der Waals surface area contributed by atoms with Crippen molar-refractivity contribution in [2.75, 3.05) is 6.61 Å². The zero-order chi connectivity index (χ0) is 42.4. The van der Waals surface area contributed by atoms with Crippen LogP contribution in [0.15, 0.2) is 24.3 Å². The third-order valence-electron chi connectivity index (χ3n) is 12.1. The van der Waals surface area contributed by atoms with Crippen LogP contribution < -0.4 is 5.32 Å². The Kier molecular flexibility index (Phi) is 45.9. The number of aliphatic hydroxyl groups excluding tert-OH is 4. The number of allylic oxidation sites excluding steroid dienone is 4.